The summed E-state index contributed by atoms with van der Waals surface area (Å²) in [5.74, 6) is 2.71. The fourth-order valence-electron chi connectivity index (χ4n) is 3.19. The summed E-state index contributed by atoms with van der Waals surface area (Å²) in [4.78, 5) is 4.80. The second-order valence-corrected chi connectivity index (χ2v) is 7.41. The van der Waals surface area contributed by atoms with Crippen molar-refractivity contribution in [3.05, 3.63) is 65.2 Å². The van der Waals surface area contributed by atoms with Gasteiger partial charge in [0.15, 0.2) is 0 Å². The predicted octanol–water partition coefficient (Wildman–Crippen LogP) is 6.26. The van der Waals surface area contributed by atoms with Crippen molar-refractivity contribution >= 4 is 5.71 Å². The number of rotatable bonds is 13. The number of hydrogen-bond acceptors (Lipinski definition) is 5. The Morgan fingerprint density at radius 2 is 1.52 bits per heavy atom. The highest BCUT2D eigenvalue weighted by molar-refractivity contribution is 5.98. The van der Waals surface area contributed by atoms with Crippen LogP contribution in [0.15, 0.2) is 53.7 Å². The standard InChI is InChI=1S/C26H35NO4/c1-6-7-15-30-25-18-20(2)26(21(3)19-25)31-17-10-8-9-16-29-24-13-11-23(12-14-24)22(4)27-28-5/h6-7,11-14,18-19H,8-10,15-17H2,1-5H3/b7-6+,27-22+. The molecule has 5 nitrogen and oxygen atoms in total. The van der Waals surface area contributed by atoms with E-state index in [-0.39, 0.29) is 0 Å². The topological polar surface area (TPSA) is 49.3 Å². The van der Waals surface area contributed by atoms with Crippen LogP contribution in [0.25, 0.3) is 0 Å². The van der Waals surface area contributed by atoms with Crippen LogP contribution < -0.4 is 14.2 Å². The maximum absolute atomic E-state index is 6.04. The van der Waals surface area contributed by atoms with E-state index in [1.165, 1.54) is 0 Å². The number of nitrogens with zero attached hydrogens (tertiary/aromatic N) is 1. The zero-order valence-corrected chi connectivity index (χ0v) is 19.4. The van der Waals surface area contributed by atoms with Crippen molar-refractivity contribution in [2.45, 2.75) is 47.0 Å². The van der Waals surface area contributed by atoms with Gasteiger partial charge in [0.25, 0.3) is 0 Å². The highest BCUT2D eigenvalue weighted by Crippen LogP contribution is 2.28. The van der Waals surface area contributed by atoms with Crippen molar-refractivity contribution in [1.82, 2.24) is 0 Å². The molecular formula is C26H35NO4. The third-order valence-corrected chi connectivity index (χ3v) is 4.82. The Hall–Kier alpha value is -2.95. The van der Waals surface area contributed by atoms with Crippen molar-refractivity contribution in [3.8, 4) is 17.2 Å². The third-order valence-electron chi connectivity index (χ3n) is 4.82. The minimum atomic E-state index is 0.587. The lowest BCUT2D eigenvalue weighted by Crippen LogP contribution is -2.03. The van der Waals surface area contributed by atoms with Crippen LogP contribution in [0, 0.1) is 13.8 Å². The molecule has 2 aromatic carbocycles. The molecule has 31 heavy (non-hydrogen) atoms. The van der Waals surface area contributed by atoms with Gasteiger partial charge in [0.2, 0.25) is 0 Å². The highest BCUT2D eigenvalue weighted by Gasteiger charge is 2.07. The lowest BCUT2D eigenvalue weighted by atomic mass is 10.1. The minimum absolute atomic E-state index is 0.587. The SMILES string of the molecule is C/C=C/COc1cc(C)c(OCCCCCOc2ccc(/C(C)=N/OC)cc2)c(C)c1. The monoisotopic (exact) mass is 425 g/mol. The van der Waals surface area contributed by atoms with Gasteiger partial charge in [0, 0.05) is 0 Å². The first-order valence-electron chi connectivity index (χ1n) is 10.8. The van der Waals surface area contributed by atoms with Crippen LogP contribution in [-0.2, 0) is 4.84 Å². The Kier molecular flexibility index (Phi) is 10.5. The van der Waals surface area contributed by atoms with Gasteiger partial charge in [-0.3, -0.25) is 0 Å². The summed E-state index contributed by atoms with van der Waals surface area (Å²) in [6, 6.07) is 12.0. The number of ether oxygens (including phenoxy) is 3. The Balaban J connectivity index is 1.67. The molecule has 2 aromatic rings. The fraction of sp³-hybridized carbons (Fsp3) is 0.423. The van der Waals surface area contributed by atoms with Gasteiger partial charge in [-0.25, -0.2) is 0 Å². The average Bonchev–Trinajstić information content (AvgIpc) is 2.75. The minimum Gasteiger partial charge on any atom is -0.494 e. The van der Waals surface area contributed by atoms with E-state index < -0.39 is 0 Å². The second-order valence-electron chi connectivity index (χ2n) is 7.41. The quantitative estimate of drug-likeness (QED) is 0.165. The molecular weight excluding hydrogens is 390 g/mol. The van der Waals surface area contributed by atoms with Crippen LogP contribution in [-0.4, -0.2) is 32.6 Å². The molecule has 168 valence electrons. The third kappa shape index (κ3) is 8.36. The Bertz CT molecular complexity index is 833. The predicted molar refractivity (Wildman–Crippen MR) is 127 cm³/mol. The summed E-state index contributed by atoms with van der Waals surface area (Å²) < 4.78 is 17.6. The fourth-order valence-corrected chi connectivity index (χ4v) is 3.19. The maximum atomic E-state index is 6.04. The second kappa shape index (κ2) is 13.4. The first-order valence-corrected chi connectivity index (χ1v) is 10.8. The van der Waals surface area contributed by atoms with Crippen LogP contribution >= 0.6 is 0 Å². The molecule has 0 bridgehead atoms. The number of hydrogen-bond donors (Lipinski definition) is 0. The zero-order valence-electron chi connectivity index (χ0n) is 19.4. The van der Waals surface area contributed by atoms with Crippen LogP contribution in [0.3, 0.4) is 0 Å². The molecule has 0 saturated heterocycles. The maximum Gasteiger partial charge on any atom is 0.125 e. The summed E-state index contributed by atoms with van der Waals surface area (Å²) in [6.07, 6.45) is 7.02. The molecule has 0 unspecified atom stereocenters. The smallest absolute Gasteiger partial charge is 0.125 e. The molecule has 0 amide bonds. The van der Waals surface area contributed by atoms with Crippen LogP contribution in [0.5, 0.6) is 17.2 Å². The number of benzene rings is 2. The molecule has 0 spiro atoms. The lowest BCUT2D eigenvalue weighted by molar-refractivity contribution is 0.213. The van der Waals surface area contributed by atoms with Crippen molar-refractivity contribution in [3.63, 3.8) is 0 Å². The van der Waals surface area contributed by atoms with Gasteiger partial charge in [-0.05, 0) is 100 Å². The van der Waals surface area contributed by atoms with E-state index in [1.807, 2.05) is 62.4 Å². The molecule has 0 aromatic heterocycles. The molecule has 0 atom stereocenters. The number of unbranched alkanes of at least 4 members (excludes halogenated alkanes) is 2. The first-order chi connectivity index (χ1) is 15.0. The molecule has 0 aliphatic heterocycles. The van der Waals surface area contributed by atoms with Gasteiger partial charge in [0.05, 0.1) is 18.9 Å². The molecule has 0 fully saturated rings. The van der Waals surface area contributed by atoms with Gasteiger partial charge >= 0.3 is 0 Å². The lowest BCUT2D eigenvalue weighted by Gasteiger charge is -2.14. The van der Waals surface area contributed by atoms with E-state index in [2.05, 4.69) is 19.0 Å². The normalized spacial score (nSPS) is 11.6. The van der Waals surface area contributed by atoms with Crippen LogP contribution in [0.1, 0.15) is 49.8 Å². The van der Waals surface area contributed by atoms with Gasteiger partial charge in [-0.15, -0.1) is 0 Å². The molecule has 2 rings (SSSR count). The summed E-state index contributed by atoms with van der Waals surface area (Å²) in [5, 5.41) is 3.94. The first kappa shape index (κ1) is 24.3. The van der Waals surface area contributed by atoms with E-state index >= 15 is 0 Å². The van der Waals surface area contributed by atoms with Crippen molar-refractivity contribution in [1.29, 1.82) is 0 Å². The summed E-state index contributed by atoms with van der Waals surface area (Å²) in [7, 11) is 1.55. The van der Waals surface area contributed by atoms with Gasteiger partial charge in [-0.2, -0.15) is 0 Å². The summed E-state index contributed by atoms with van der Waals surface area (Å²) in [6.45, 7) is 10.0. The van der Waals surface area contributed by atoms with Crippen molar-refractivity contribution in [2.75, 3.05) is 26.9 Å². The van der Waals surface area contributed by atoms with Gasteiger partial charge < -0.3 is 19.0 Å². The zero-order chi connectivity index (χ0) is 22.5. The van der Waals surface area contributed by atoms with Gasteiger partial charge in [-0.1, -0.05) is 17.3 Å². The van der Waals surface area contributed by atoms with Gasteiger partial charge in [0.1, 0.15) is 31.0 Å². The van der Waals surface area contributed by atoms with E-state index in [1.54, 1.807) is 7.11 Å². The van der Waals surface area contributed by atoms with E-state index in [0.717, 1.165) is 58.9 Å². The molecule has 5 heteroatoms. The summed E-state index contributed by atoms with van der Waals surface area (Å²) in [5.41, 5.74) is 4.07. The number of aryl methyl sites for hydroxylation is 2. The Labute approximate surface area is 186 Å². The van der Waals surface area contributed by atoms with Crippen LogP contribution in [0.4, 0.5) is 0 Å². The molecule has 0 saturated carbocycles. The Morgan fingerprint density at radius 3 is 2.13 bits per heavy atom. The molecule has 0 N–H and O–H groups in total. The Morgan fingerprint density at radius 1 is 0.871 bits per heavy atom. The molecule has 0 heterocycles. The van der Waals surface area contributed by atoms with E-state index in [9.17, 15) is 0 Å². The summed E-state index contributed by atoms with van der Waals surface area (Å²) >= 11 is 0. The number of oxime groups is 1. The van der Waals surface area contributed by atoms with E-state index in [0.29, 0.717) is 19.8 Å². The van der Waals surface area contributed by atoms with Crippen molar-refractivity contribution in [2.24, 2.45) is 5.16 Å². The van der Waals surface area contributed by atoms with Crippen LogP contribution in [0.2, 0.25) is 0 Å². The molecule has 0 aliphatic carbocycles. The average molecular weight is 426 g/mol. The number of allylic oxidation sites excluding steroid dienone is 1. The van der Waals surface area contributed by atoms with E-state index in [4.69, 9.17) is 19.0 Å². The highest BCUT2D eigenvalue weighted by atomic mass is 16.6. The molecule has 0 radical (unpaired) electrons. The largest absolute Gasteiger partial charge is 0.494 e. The molecule has 0 aliphatic rings. The van der Waals surface area contributed by atoms with Crippen molar-refractivity contribution < 1.29 is 19.0 Å².